The second kappa shape index (κ2) is 6.06. The lowest BCUT2D eigenvalue weighted by atomic mass is 9.95. The predicted octanol–water partition coefficient (Wildman–Crippen LogP) is 1.97. The van der Waals surface area contributed by atoms with E-state index in [2.05, 4.69) is 27.8 Å². The number of carbonyl (C=O) groups excluding carboxylic acids is 1. The maximum Gasteiger partial charge on any atom is 0.238 e. The summed E-state index contributed by atoms with van der Waals surface area (Å²) < 4.78 is 0. The largest absolute Gasteiger partial charge is 0.347 e. The molecule has 1 aromatic heterocycles. The van der Waals surface area contributed by atoms with Crippen molar-refractivity contribution in [1.82, 2.24) is 15.6 Å². The van der Waals surface area contributed by atoms with Crippen LogP contribution in [-0.4, -0.2) is 16.9 Å². The number of rotatable bonds is 3. The molecule has 0 spiro atoms. The fourth-order valence-corrected chi connectivity index (χ4v) is 2.66. The molecule has 108 valence electrons. The molecule has 4 heteroatoms. The quantitative estimate of drug-likeness (QED) is 0.904. The van der Waals surface area contributed by atoms with Gasteiger partial charge in [0.25, 0.3) is 0 Å². The van der Waals surface area contributed by atoms with E-state index in [0.717, 1.165) is 18.7 Å². The molecule has 2 N–H and O–H groups in total. The van der Waals surface area contributed by atoms with Gasteiger partial charge in [-0.25, -0.2) is 0 Å². The molecule has 2 heterocycles. The van der Waals surface area contributed by atoms with Crippen molar-refractivity contribution in [2.45, 2.75) is 32.0 Å². The average Bonchev–Trinajstić information content (AvgIpc) is 2.55. The van der Waals surface area contributed by atoms with Gasteiger partial charge in [0.1, 0.15) is 0 Å². The third kappa shape index (κ3) is 3.11. The fraction of sp³-hybridized carbons (Fsp3) is 0.294. The minimum absolute atomic E-state index is 0.0302. The van der Waals surface area contributed by atoms with Crippen LogP contribution in [-0.2, 0) is 17.8 Å². The van der Waals surface area contributed by atoms with Gasteiger partial charge >= 0.3 is 0 Å². The van der Waals surface area contributed by atoms with Crippen LogP contribution in [0.15, 0.2) is 48.7 Å². The molecule has 0 saturated carbocycles. The van der Waals surface area contributed by atoms with E-state index < -0.39 is 0 Å². The topological polar surface area (TPSA) is 54.0 Å². The van der Waals surface area contributed by atoms with Crippen molar-refractivity contribution < 1.29 is 4.79 Å². The lowest BCUT2D eigenvalue weighted by molar-refractivity contribution is -0.124. The van der Waals surface area contributed by atoms with Crippen LogP contribution in [0.5, 0.6) is 0 Å². The molecule has 1 aliphatic rings. The first kappa shape index (κ1) is 13.8. The van der Waals surface area contributed by atoms with Crippen molar-refractivity contribution in [3.05, 3.63) is 65.5 Å². The molecule has 1 amide bonds. The van der Waals surface area contributed by atoms with Crippen LogP contribution >= 0.6 is 0 Å². The molecule has 1 aliphatic heterocycles. The van der Waals surface area contributed by atoms with E-state index in [1.54, 1.807) is 6.20 Å². The molecule has 0 radical (unpaired) electrons. The maximum absolute atomic E-state index is 12.4. The van der Waals surface area contributed by atoms with Gasteiger partial charge in [0.2, 0.25) is 5.91 Å². The van der Waals surface area contributed by atoms with Gasteiger partial charge in [0, 0.05) is 12.7 Å². The summed E-state index contributed by atoms with van der Waals surface area (Å²) in [5.41, 5.74) is 3.41. The van der Waals surface area contributed by atoms with Crippen LogP contribution < -0.4 is 10.6 Å². The summed E-state index contributed by atoms with van der Waals surface area (Å²) in [5, 5.41) is 6.33. The monoisotopic (exact) mass is 281 g/mol. The van der Waals surface area contributed by atoms with Crippen molar-refractivity contribution in [2.24, 2.45) is 0 Å². The third-order valence-corrected chi connectivity index (χ3v) is 3.89. The average molecular weight is 281 g/mol. The molecule has 0 fully saturated rings. The minimum atomic E-state index is -0.175. The van der Waals surface area contributed by atoms with E-state index in [4.69, 9.17) is 0 Å². The predicted molar refractivity (Wildman–Crippen MR) is 81.6 cm³/mol. The number of carbonyl (C=O) groups is 1. The second-order valence-electron chi connectivity index (χ2n) is 5.39. The van der Waals surface area contributed by atoms with Crippen molar-refractivity contribution in [2.75, 3.05) is 0 Å². The number of hydrogen-bond acceptors (Lipinski definition) is 3. The van der Waals surface area contributed by atoms with Gasteiger partial charge in [-0.05, 0) is 36.6 Å². The summed E-state index contributed by atoms with van der Waals surface area (Å²) in [6.45, 7) is 2.70. The number of benzene rings is 1. The summed E-state index contributed by atoms with van der Waals surface area (Å²) in [6.07, 6.45) is 2.48. The second-order valence-corrected chi connectivity index (χ2v) is 5.39. The van der Waals surface area contributed by atoms with Gasteiger partial charge in [-0.15, -0.1) is 0 Å². The highest BCUT2D eigenvalue weighted by molar-refractivity contribution is 5.82. The molecule has 2 aromatic rings. The van der Waals surface area contributed by atoms with Crippen molar-refractivity contribution in [3.63, 3.8) is 0 Å². The van der Waals surface area contributed by atoms with Crippen LogP contribution in [0.25, 0.3) is 0 Å². The number of hydrogen-bond donors (Lipinski definition) is 2. The lowest BCUT2D eigenvalue weighted by Gasteiger charge is -2.26. The Kier molecular flexibility index (Phi) is 3.97. The van der Waals surface area contributed by atoms with Gasteiger partial charge < -0.3 is 10.6 Å². The van der Waals surface area contributed by atoms with Crippen LogP contribution in [0.3, 0.4) is 0 Å². The molecule has 4 nitrogen and oxygen atoms in total. The highest BCUT2D eigenvalue weighted by Gasteiger charge is 2.25. The Morgan fingerprint density at radius 2 is 2.00 bits per heavy atom. The van der Waals surface area contributed by atoms with E-state index in [1.165, 1.54) is 11.1 Å². The molecule has 3 rings (SSSR count). The first-order chi connectivity index (χ1) is 10.2. The number of aromatic nitrogens is 1. The SMILES string of the molecule is C[C@@H](NC(=O)C1Cc2ccccc2CN1)c1ccccn1. The maximum atomic E-state index is 12.4. The number of fused-ring (bicyclic) bond motifs is 1. The Balaban J connectivity index is 1.65. The molecular formula is C17H19N3O. The third-order valence-electron chi connectivity index (χ3n) is 3.89. The zero-order chi connectivity index (χ0) is 14.7. The lowest BCUT2D eigenvalue weighted by Crippen LogP contribution is -2.48. The Morgan fingerprint density at radius 1 is 1.24 bits per heavy atom. The highest BCUT2D eigenvalue weighted by atomic mass is 16.2. The molecule has 1 unspecified atom stereocenters. The Morgan fingerprint density at radius 3 is 2.76 bits per heavy atom. The Bertz CT molecular complexity index is 627. The van der Waals surface area contributed by atoms with Gasteiger partial charge in [0.15, 0.2) is 0 Å². The summed E-state index contributed by atoms with van der Waals surface area (Å²) in [5.74, 6) is 0.0302. The van der Waals surface area contributed by atoms with Crippen LogP contribution in [0, 0.1) is 0 Å². The van der Waals surface area contributed by atoms with Crippen LogP contribution in [0.2, 0.25) is 0 Å². The standard InChI is InChI=1S/C17H19N3O/c1-12(15-8-4-5-9-18-15)20-17(21)16-10-13-6-2-3-7-14(13)11-19-16/h2-9,12,16,19H,10-11H2,1H3,(H,20,21)/t12-,16?/m1/s1. The molecule has 0 bridgehead atoms. The first-order valence-electron chi connectivity index (χ1n) is 7.25. The van der Waals surface area contributed by atoms with E-state index in [-0.39, 0.29) is 18.0 Å². The summed E-state index contributed by atoms with van der Waals surface area (Å²) in [4.78, 5) is 16.7. The van der Waals surface area contributed by atoms with E-state index in [1.807, 2.05) is 37.3 Å². The Labute approximate surface area is 124 Å². The normalized spacial score (nSPS) is 18.6. The van der Waals surface area contributed by atoms with E-state index in [9.17, 15) is 4.79 Å². The van der Waals surface area contributed by atoms with Gasteiger partial charge in [-0.2, -0.15) is 0 Å². The number of pyridine rings is 1. The molecule has 2 atom stereocenters. The van der Waals surface area contributed by atoms with Crippen LogP contribution in [0.4, 0.5) is 0 Å². The molecule has 0 saturated heterocycles. The molecular weight excluding hydrogens is 262 g/mol. The summed E-state index contributed by atoms with van der Waals surface area (Å²) >= 11 is 0. The highest BCUT2D eigenvalue weighted by Crippen LogP contribution is 2.17. The van der Waals surface area contributed by atoms with E-state index in [0.29, 0.717) is 0 Å². The van der Waals surface area contributed by atoms with Crippen LogP contribution in [0.1, 0.15) is 29.8 Å². The molecule has 21 heavy (non-hydrogen) atoms. The number of amides is 1. The van der Waals surface area contributed by atoms with Gasteiger partial charge in [-0.3, -0.25) is 9.78 Å². The zero-order valence-electron chi connectivity index (χ0n) is 12.0. The smallest absolute Gasteiger partial charge is 0.238 e. The van der Waals surface area contributed by atoms with Gasteiger partial charge in [0.05, 0.1) is 17.8 Å². The minimum Gasteiger partial charge on any atom is -0.347 e. The Hall–Kier alpha value is -2.20. The van der Waals surface area contributed by atoms with Crippen molar-refractivity contribution in [3.8, 4) is 0 Å². The van der Waals surface area contributed by atoms with E-state index >= 15 is 0 Å². The van der Waals surface area contributed by atoms with Crippen molar-refractivity contribution >= 4 is 5.91 Å². The molecule has 1 aromatic carbocycles. The summed E-state index contributed by atoms with van der Waals surface area (Å²) in [7, 11) is 0. The zero-order valence-corrected chi connectivity index (χ0v) is 12.0. The first-order valence-corrected chi connectivity index (χ1v) is 7.25. The summed E-state index contributed by atoms with van der Waals surface area (Å²) in [6, 6.07) is 13.7. The number of nitrogens with zero attached hydrogens (tertiary/aromatic N) is 1. The van der Waals surface area contributed by atoms with Gasteiger partial charge in [-0.1, -0.05) is 30.3 Å². The molecule has 0 aliphatic carbocycles. The fourth-order valence-electron chi connectivity index (χ4n) is 2.66. The van der Waals surface area contributed by atoms with Crippen molar-refractivity contribution in [1.29, 1.82) is 0 Å². The number of nitrogens with one attached hydrogen (secondary N) is 2.